The third-order valence-corrected chi connectivity index (χ3v) is 2.57. The highest BCUT2D eigenvalue weighted by atomic mass is 14.0. The second-order valence-electron chi connectivity index (χ2n) is 4.05. The van der Waals surface area contributed by atoms with Crippen LogP contribution in [0.15, 0.2) is 48.5 Å². The molecule has 0 N–H and O–H groups in total. The summed E-state index contributed by atoms with van der Waals surface area (Å²) >= 11 is 0. The molecule has 15 heavy (non-hydrogen) atoms. The SMILES string of the molecule is CC(C)c1[c]cc(-c2ccccc2)cc1. The molecule has 0 heteroatoms. The first kappa shape index (κ1) is 9.97. The van der Waals surface area contributed by atoms with Crippen molar-refractivity contribution in [2.24, 2.45) is 0 Å². The van der Waals surface area contributed by atoms with E-state index in [1.54, 1.807) is 0 Å². The Morgan fingerprint density at radius 1 is 0.867 bits per heavy atom. The maximum atomic E-state index is 3.33. The molecular formula is C15H15. The summed E-state index contributed by atoms with van der Waals surface area (Å²) in [5.41, 5.74) is 3.76. The maximum Gasteiger partial charge on any atom is -0.0140 e. The molecule has 2 aromatic rings. The molecule has 0 aliphatic heterocycles. The van der Waals surface area contributed by atoms with Crippen molar-refractivity contribution in [1.82, 2.24) is 0 Å². The molecule has 0 aliphatic rings. The van der Waals surface area contributed by atoms with Gasteiger partial charge in [0.25, 0.3) is 0 Å². The van der Waals surface area contributed by atoms with Gasteiger partial charge >= 0.3 is 0 Å². The topological polar surface area (TPSA) is 0 Å². The van der Waals surface area contributed by atoms with Gasteiger partial charge < -0.3 is 0 Å². The van der Waals surface area contributed by atoms with Crippen LogP contribution in [0.4, 0.5) is 0 Å². The lowest BCUT2D eigenvalue weighted by atomic mass is 9.99. The van der Waals surface area contributed by atoms with Crippen LogP contribution in [0.25, 0.3) is 11.1 Å². The van der Waals surface area contributed by atoms with Crippen molar-refractivity contribution >= 4 is 0 Å². The Kier molecular flexibility index (Phi) is 2.86. The van der Waals surface area contributed by atoms with E-state index in [0.29, 0.717) is 5.92 Å². The zero-order valence-corrected chi connectivity index (χ0v) is 9.20. The lowest BCUT2D eigenvalue weighted by Crippen LogP contribution is -1.87. The predicted octanol–water partition coefficient (Wildman–Crippen LogP) is 4.28. The highest BCUT2D eigenvalue weighted by molar-refractivity contribution is 5.63. The molecule has 75 valence electrons. The van der Waals surface area contributed by atoms with Gasteiger partial charge in [0.1, 0.15) is 0 Å². The summed E-state index contributed by atoms with van der Waals surface area (Å²) in [6, 6.07) is 20.1. The molecular weight excluding hydrogens is 180 g/mol. The van der Waals surface area contributed by atoms with Crippen LogP contribution >= 0.6 is 0 Å². The highest BCUT2D eigenvalue weighted by Gasteiger charge is 2.00. The summed E-state index contributed by atoms with van der Waals surface area (Å²) in [5, 5.41) is 0. The molecule has 0 saturated heterocycles. The van der Waals surface area contributed by atoms with Gasteiger partial charge in [0.15, 0.2) is 0 Å². The van der Waals surface area contributed by atoms with E-state index in [1.165, 1.54) is 16.7 Å². The maximum absolute atomic E-state index is 3.33. The van der Waals surface area contributed by atoms with Crippen molar-refractivity contribution in [3.05, 3.63) is 60.2 Å². The molecule has 0 heterocycles. The lowest BCUT2D eigenvalue weighted by Gasteiger charge is -2.06. The molecule has 2 aromatic carbocycles. The van der Waals surface area contributed by atoms with E-state index < -0.39 is 0 Å². The fraction of sp³-hybridized carbons (Fsp3) is 0.200. The standard InChI is InChI=1S/C15H15/c1-12(2)13-8-10-15(11-9-13)14-6-4-3-5-7-14/h3-8,10-12H,1-2H3. The van der Waals surface area contributed by atoms with Crippen molar-refractivity contribution in [1.29, 1.82) is 0 Å². The minimum atomic E-state index is 0.551. The van der Waals surface area contributed by atoms with Gasteiger partial charge in [-0.25, -0.2) is 0 Å². The van der Waals surface area contributed by atoms with Gasteiger partial charge in [-0.05, 0) is 34.7 Å². The molecule has 0 nitrogen and oxygen atoms in total. The van der Waals surface area contributed by atoms with Crippen LogP contribution in [-0.2, 0) is 0 Å². The smallest absolute Gasteiger partial charge is 0.0140 e. The third-order valence-electron chi connectivity index (χ3n) is 2.57. The average molecular weight is 195 g/mol. The Morgan fingerprint density at radius 2 is 1.60 bits per heavy atom. The number of benzene rings is 2. The van der Waals surface area contributed by atoms with Gasteiger partial charge in [0.2, 0.25) is 0 Å². The van der Waals surface area contributed by atoms with E-state index in [4.69, 9.17) is 0 Å². The van der Waals surface area contributed by atoms with Crippen molar-refractivity contribution in [3.63, 3.8) is 0 Å². The van der Waals surface area contributed by atoms with Crippen LogP contribution in [-0.4, -0.2) is 0 Å². The summed E-state index contributed by atoms with van der Waals surface area (Å²) in [6.07, 6.45) is 0. The Labute approximate surface area is 91.6 Å². The molecule has 0 bridgehead atoms. The number of hydrogen-bond donors (Lipinski definition) is 0. The number of hydrogen-bond acceptors (Lipinski definition) is 0. The Morgan fingerprint density at radius 3 is 2.13 bits per heavy atom. The minimum absolute atomic E-state index is 0.551. The largest absolute Gasteiger partial charge is 0.0622 e. The van der Waals surface area contributed by atoms with E-state index in [2.05, 4.69) is 62.4 Å². The monoisotopic (exact) mass is 195 g/mol. The quantitative estimate of drug-likeness (QED) is 0.671. The minimum Gasteiger partial charge on any atom is -0.0622 e. The number of rotatable bonds is 2. The first-order valence-corrected chi connectivity index (χ1v) is 5.34. The second kappa shape index (κ2) is 4.31. The Bertz CT molecular complexity index is 410. The van der Waals surface area contributed by atoms with Gasteiger partial charge in [-0.2, -0.15) is 0 Å². The summed E-state index contributed by atoms with van der Waals surface area (Å²) in [6.45, 7) is 4.38. The highest BCUT2D eigenvalue weighted by Crippen LogP contribution is 2.21. The Balaban J connectivity index is 2.32. The average Bonchev–Trinajstić information content (AvgIpc) is 2.30. The first-order valence-electron chi connectivity index (χ1n) is 5.34. The molecule has 0 spiro atoms. The van der Waals surface area contributed by atoms with E-state index in [1.807, 2.05) is 6.07 Å². The fourth-order valence-electron chi connectivity index (χ4n) is 1.61. The van der Waals surface area contributed by atoms with Crippen LogP contribution < -0.4 is 0 Å². The van der Waals surface area contributed by atoms with E-state index in [9.17, 15) is 0 Å². The Hall–Kier alpha value is -1.56. The van der Waals surface area contributed by atoms with Crippen molar-refractivity contribution in [2.75, 3.05) is 0 Å². The summed E-state index contributed by atoms with van der Waals surface area (Å²) < 4.78 is 0. The van der Waals surface area contributed by atoms with Gasteiger partial charge in [0.05, 0.1) is 0 Å². The molecule has 0 aliphatic carbocycles. The van der Waals surface area contributed by atoms with E-state index in [-0.39, 0.29) is 0 Å². The zero-order valence-electron chi connectivity index (χ0n) is 9.20. The van der Waals surface area contributed by atoms with E-state index >= 15 is 0 Å². The summed E-state index contributed by atoms with van der Waals surface area (Å²) in [4.78, 5) is 0. The molecule has 0 saturated carbocycles. The van der Waals surface area contributed by atoms with Crippen molar-refractivity contribution in [2.45, 2.75) is 19.8 Å². The molecule has 0 amide bonds. The predicted molar refractivity (Wildman–Crippen MR) is 64.8 cm³/mol. The van der Waals surface area contributed by atoms with Crippen LogP contribution in [0.1, 0.15) is 25.3 Å². The molecule has 2 rings (SSSR count). The van der Waals surface area contributed by atoms with Gasteiger partial charge in [-0.3, -0.25) is 0 Å². The zero-order chi connectivity index (χ0) is 10.7. The molecule has 0 aromatic heterocycles. The normalized spacial score (nSPS) is 10.6. The molecule has 0 unspecified atom stereocenters. The molecule has 0 atom stereocenters. The van der Waals surface area contributed by atoms with Crippen LogP contribution in [0.5, 0.6) is 0 Å². The van der Waals surface area contributed by atoms with Gasteiger partial charge in [0, 0.05) is 0 Å². The van der Waals surface area contributed by atoms with Crippen LogP contribution in [0, 0.1) is 6.07 Å². The fourth-order valence-corrected chi connectivity index (χ4v) is 1.61. The third kappa shape index (κ3) is 2.27. The first-order chi connectivity index (χ1) is 7.27. The van der Waals surface area contributed by atoms with Gasteiger partial charge in [-0.15, -0.1) is 0 Å². The van der Waals surface area contributed by atoms with Crippen molar-refractivity contribution in [3.8, 4) is 11.1 Å². The second-order valence-corrected chi connectivity index (χ2v) is 4.05. The van der Waals surface area contributed by atoms with Crippen LogP contribution in [0.3, 0.4) is 0 Å². The van der Waals surface area contributed by atoms with Gasteiger partial charge in [-0.1, -0.05) is 56.3 Å². The summed E-state index contributed by atoms with van der Waals surface area (Å²) in [5.74, 6) is 0.551. The van der Waals surface area contributed by atoms with Crippen molar-refractivity contribution < 1.29 is 0 Å². The van der Waals surface area contributed by atoms with Crippen LogP contribution in [0.2, 0.25) is 0 Å². The molecule has 0 fully saturated rings. The lowest BCUT2D eigenvalue weighted by molar-refractivity contribution is 0.865. The summed E-state index contributed by atoms with van der Waals surface area (Å²) in [7, 11) is 0. The van der Waals surface area contributed by atoms with E-state index in [0.717, 1.165) is 0 Å². The molecule has 1 radical (unpaired) electrons.